The summed E-state index contributed by atoms with van der Waals surface area (Å²) < 4.78 is 0. The van der Waals surface area contributed by atoms with Crippen LogP contribution in [0.4, 0.5) is 0 Å². The first-order valence-electron chi connectivity index (χ1n) is 8.34. The lowest BCUT2D eigenvalue weighted by molar-refractivity contribution is 0.574. The number of rotatable bonds is 11. The molecule has 1 aromatic rings. The van der Waals surface area contributed by atoms with Gasteiger partial charge < -0.3 is 0 Å². The Morgan fingerprint density at radius 1 is 0.895 bits per heavy atom. The van der Waals surface area contributed by atoms with E-state index in [2.05, 4.69) is 31.5 Å². The molecule has 0 nitrogen and oxygen atoms in total. The predicted molar refractivity (Wildman–Crippen MR) is 89.3 cm³/mol. The zero-order chi connectivity index (χ0) is 13.9. The van der Waals surface area contributed by atoms with Crippen LogP contribution < -0.4 is 0 Å². The highest BCUT2D eigenvalue weighted by atomic mass is 32.1. The smallest absolute Gasteiger partial charge is 0.00557 e. The summed E-state index contributed by atoms with van der Waals surface area (Å²) in [4.78, 5) is 0. The quantitative estimate of drug-likeness (QED) is 0.385. The number of hydrogen-bond donors (Lipinski definition) is 0. The van der Waals surface area contributed by atoms with Crippen molar-refractivity contribution < 1.29 is 0 Å². The van der Waals surface area contributed by atoms with Gasteiger partial charge >= 0.3 is 0 Å². The Kier molecular flexibility index (Phi) is 9.24. The van der Waals surface area contributed by atoms with Crippen molar-refractivity contribution in [2.24, 2.45) is 0 Å². The molecular formula is C18H32S. The van der Waals surface area contributed by atoms with Gasteiger partial charge in [-0.1, -0.05) is 65.7 Å². The number of unbranched alkanes of at least 4 members (excludes halogenated alkanes) is 7. The van der Waals surface area contributed by atoms with Gasteiger partial charge in [0.2, 0.25) is 0 Å². The first-order valence-corrected chi connectivity index (χ1v) is 9.28. The van der Waals surface area contributed by atoms with Crippen LogP contribution in [0, 0.1) is 0 Å². The number of hydrogen-bond acceptors (Lipinski definition) is 1. The fourth-order valence-electron chi connectivity index (χ4n) is 2.64. The van der Waals surface area contributed by atoms with E-state index >= 15 is 0 Å². The van der Waals surface area contributed by atoms with Gasteiger partial charge in [-0.05, 0) is 47.1 Å². The normalized spacial score (nSPS) is 12.8. The number of aryl methyl sites for hydroxylation is 1. The Morgan fingerprint density at radius 2 is 1.53 bits per heavy atom. The Labute approximate surface area is 124 Å². The average molecular weight is 281 g/mol. The second-order valence-electron chi connectivity index (χ2n) is 5.89. The molecule has 1 rings (SSSR count). The average Bonchev–Trinajstić information content (AvgIpc) is 2.89. The van der Waals surface area contributed by atoms with Crippen molar-refractivity contribution in [1.82, 2.24) is 0 Å². The highest BCUT2D eigenvalue weighted by Crippen LogP contribution is 2.27. The standard InChI is InChI=1S/C18H32S/c1-4-6-7-8-9-10-11-12-13-17-14-19-15-18(17)16(3)5-2/h14-16H,4-13H2,1-3H3. The molecule has 1 unspecified atom stereocenters. The Bertz CT molecular complexity index is 313. The van der Waals surface area contributed by atoms with Crippen LogP contribution in [0.3, 0.4) is 0 Å². The molecule has 0 fully saturated rings. The van der Waals surface area contributed by atoms with Crippen molar-refractivity contribution in [1.29, 1.82) is 0 Å². The maximum atomic E-state index is 2.38. The molecule has 110 valence electrons. The maximum absolute atomic E-state index is 2.38. The van der Waals surface area contributed by atoms with E-state index in [-0.39, 0.29) is 0 Å². The molecule has 1 aromatic heterocycles. The first kappa shape index (κ1) is 16.8. The van der Waals surface area contributed by atoms with Crippen LogP contribution in [0.1, 0.15) is 95.6 Å². The third-order valence-electron chi connectivity index (χ3n) is 4.22. The molecule has 0 amide bonds. The molecule has 0 N–H and O–H groups in total. The summed E-state index contributed by atoms with van der Waals surface area (Å²) in [5.41, 5.74) is 3.25. The van der Waals surface area contributed by atoms with Gasteiger partial charge in [0, 0.05) is 0 Å². The summed E-state index contributed by atoms with van der Waals surface area (Å²) >= 11 is 1.89. The Balaban J connectivity index is 2.11. The summed E-state index contributed by atoms with van der Waals surface area (Å²) in [7, 11) is 0. The molecule has 19 heavy (non-hydrogen) atoms. The zero-order valence-electron chi connectivity index (χ0n) is 13.2. The molecule has 0 aromatic carbocycles. The van der Waals surface area contributed by atoms with Crippen molar-refractivity contribution in [3.8, 4) is 0 Å². The van der Waals surface area contributed by atoms with Gasteiger partial charge in [0.05, 0.1) is 0 Å². The fourth-order valence-corrected chi connectivity index (χ4v) is 3.65. The van der Waals surface area contributed by atoms with E-state index in [1.807, 2.05) is 11.3 Å². The highest BCUT2D eigenvalue weighted by molar-refractivity contribution is 7.08. The van der Waals surface area contributed by atoms with E-state index in [4.69, 9.17) is 0 Å². The van der Waals surface area contributed by atoms with Crippen LogP contribution in [0.2, 0.25) is 0 Å². The van der Waals surface area contributed by atoms with E-state index in [1.54, 1.807) is 11.1 Å². The largest absolute Gasteiger partial charge is 0.152 e. The molecular weight excluding hydrogens is 248 g/mol. The van der Waals surface area contributed by atoms with Crippen molar-refractivity contribution in [2.45, 2.75) is 90.9 Å². The minimum absolute atomic E-state index is 0.746. The van der Waals surface area contributed by atoms with Gasteiger partial charge in [0.15, 0.2) is 0 Å². The van der Waals surface area contributed by atoms with E-state index in [0.717, 1.165) is 5.92 Å². The lowest BCUT2D eigenvalue weighted by Crippen LogP contribution is -1.95. The molecule has 0 aliphatic carbocycles. The molecule has 1 heteroatoms. The lowest BCUT2D eigenvalue weighted by Gasteiger charge is -2.10. The van der Waals surface area contributed by atoms with Crippen LogP contribution in [-0.4, -0.2) is 0 Å². The van der Waals surface area contributed by atoms with E-state index < -0.39 is 0 Å². The van der Waals surface area contributed by atoms with E-state index in [1.165, 1.54) is 64.2 Å². The lowest BCUT2D eigenvalue weighted by atomic mass is 9.95. The molecule has 0 saturated heterocycles. The van der Waals surface area contributed by atoms with Crippen LogP contribution in [0.25, 0.3) is 0 Å². The van der Waals surface area contributed by atoms with Gasteiger partial charge in [0.25, 0.3) is 0 Å². The predicted octanol–water partition coefficient (Wildman–Crippen LogP) is 6.94. The molecule has 0 saturated carbocycles. The van der Waals surface area contributed by atoms with Crippen molar-refractivity contribution in [3.05, 3.63) is 21.9 Å². The summed E-state index contributed by atoms with van der Waals surface area (Å²) in [5, 5.41) is 4.75. The zero-order valence-corrected chi connectivity index (χ0v) is 14.0. The minimum Gasteiger partial charge on any atom is -0.152 e. The third kappa shape index (κ3) is 6.61. The molecule has 0 bridgehead atoms. The second-order valence-corrected chi connectivity index (χ2v) is 6.63. The van der Waals surface area contributed by atoms with Crippen LogP contribution in [0.15, 0.2) is 10.8 Å². The summed E-state index contributed by atoms with van der Waals surface area (Å²) in [6.07, 6.45) is 13.9. The monoisotopic (exact) mass is 280 g/mol. The van der Waals surface area contributed by atoms with E-state index in [9.17, 15) is 0 Å². The van der Waals surface area contributed by atoms with Crippen LogP contribution in [0.5, 0.6) is 0 Å². The number of thiophene rings is 1. The molecule has 0 radical (unpaired) electrons. The fraction of sp³-hybridized carbons (Fsp3) is 0.778. The van der Waals surface area contributed by atoms with Crippen molar-refractivity contribution in [2.75, 3.05) is 0 Å². The van der Waals surface area contributed by atoms with E-state index in [0.29, 0.717) is 0 Å². The SMILES string of the molecule is CCCCCCCCCCc1cscc1C(C)CC. The van der Waals surface area contributed by atoms with Gasteiger partial charge in [0.1, 0.15) is 0 Å². The summed E-state index contributed by atoms with van der Waals surface area (Å²) in [6.45, 7) is 6.94. The van der Waals surface area contributed by atoms with Gasteiger partial charge in [-0.25, -0.2) is 0 Å². The van der Waals surface area contributed by atoms with Gasteiger partial charge in [-0.2, -0.15) is 11.3 Å². The molecule has 1 heterocycles. The van der Waals surface area contributed by atoms with Crippen LogP contribution in [-0.2, 0) is 6.42 Å². The Morgan fingerprint density at radius 3 is 2.16 bits per heavy atom. The van der Waals surface area contributed by atoms with Crippen molar-refractivity contribution in [3.63, 3.8) is 0 Å². The highest BCUT2D eigenvalue weighted by Gasteiger charge is 2.09. The van der Waals surface area contributed by atoms with Gasteiger partial charge in [-0.3, -0.25) is 0 Å². The summed E-state index contributed by atoms with van der Waals surface area (Å²) in [6, 6.07) is 0. The third-order valence-corrected chi connectivity index (χ3v) is 5.03. The van der Waals surface area contributed by atoms with Crippen LogP contribution >= 0.6 is 11.3 Å². The second kappa shape index (κ2) is 10.5. The molecule has 1 atom stereocenters. The summed E-state index contributed by atoms with van der Waals surface area (Å²) in [5.74, 6) is 0.746. The van der Waals surface area contributed by atoms with Crippen molar-refractivity contribution >= 4 is 11.3 Å². The Hall–Kier alpha value is -0.300. The van der Waals surface area contributed by atoms with Gasteiger partial charge in [-0.15, -0.1) is 0 Å². The minimum atomic E-state index is 0.746. The maximum Gasteiger partial charge on any atom is -0.00557 e. The first-order chi connectivity index (χ1) is 9.29. The molecule has 0 spiro atoms. The molecule has 0 aliphatic heterocycles. The topological polar surface area (TPSA) is 0 Å². The molecule has 0 aliphatic rings.